The maximum Gasteiger partial charge on any atom is 0.189 e. The number of rotatable bonds is 6. The molecule has 0 aromatic heterocycles. The van der Waals surface area contributed by atoms with Crippen LogP contribution >= 0.6 is 12.2 Å². The Morgan fingerprint density at radius 3 is 2.56 bits per heavy atom. The maximum absolute atomic E-state index is 6.17. The smallest absolute Gasteiger partial charge is 0.189 e. The number of hydrazine groups is 1. The van der Waals surface area contributed by atoms with Crippen LogP contribution in [0.15, 0.2) is 66.7 Å². The molecule has 0 fully saturated rings. The van der Waals surface area contributed by atoms with Gasteiger partial charge in [0.05, 0.1) is 5.70 Å². The van der Waals surface area contributed by atoms with Crippen molar-refractivity contribution in [2.75, 3.05) is 5.32 Å². The van der Waals surface area contributed by atoms with Gasteiger partial charge < -0.3 is 14.8 Å². The highest BCUT2D eigenvalue weighted by Gasteiger charge is 2.27. The Morgan fingerprint density at radius 2 is 1.76 bits per heavy atom. The van der Waals surface area contributed by atoms with Crippen LogP contribution in [-0.4, -0.2) is 10.7 Å². The Bertz CT molecular complexity index is 1250. The average molecular weight is 474 g/mol. The first-order valence-corrected chi connectivity index (χ1v) is 11.7. The van der Waals surface area contributed by atoms with E-state index in [0.717, 1.165) is 39.6 Å². The number of aryl methyl sites for hydroxylation is 3. The second-order valence-corrected chi connectivity index (χ2v) is 9.57. The molecule has 6 heteroatoms. The quantitative estimate of drug-likeness (QED) is 0.293. The largest absolute Gasteiger partial charge is 0.489 e. The lowest BCUT2D eigenvalue weighted by Crippen LogP contribution is -2.41. The molecule has 5 nitrogen and oxygen atoms in total. The fourth-order valence-electron chi connectivity index (χ4n) is 3.82. The molecule has 0 amide bonds. The topological polar surface area (TPSA) is 54.5 Å². The standard InChI is InChI=1S/C28H31N3O2S/c1-18-10-11-20(3)24(14-18)29-27(34)31-30-25-16-28(4,5)33-26-13-12-22(15-23(25)26)32-17-21-9-7-6-8-19(21)2/h6-16,30H,17H2,1-5H3,(H2,29,31,34). The van der Waals surface area contributed by atoms with E-state index < -0.39 is 5.60 Å². The Labute approximate surface area is 207 Å². The van der Waals surface area contributed by atoms with Gasteiger partial charge in [-0.05, 0) is 99.4 Å². The summed E-state index contributed by atoms with van der Waals surface area (Å²) < 4.78 is 12.3. The fraction of sp³-hybridized carbons (Fsp3) is 0.250. The van der Waals surface area contributed by atoms with Crippen molar-refractivity contribution < 1.29 is 9.47 Å². The molecule has 0 aliphatic carbocycles. The van der Waals surface area contributed by atoms with E-state index >= 15 is 0 Å². The van der Waals surface area contributed by atoms with Gasteiger partial charge in [-0.1, -0.05) is 36.4 Å². The first-order valence-electron chi connectivity index (χ1n) is 11.3. The number of thiocarbonyl (C=S) groups is 1. The van der Waals surface area contributed by atoms with E-state index in [-0.39, 0.29) is 0 Å². The third-order valence-corrected chi connectivity index (χ3v) is 5.92. The number of hydrogen-bond acceptors (Lipinski definition) is 4. The number of nitrogens with one attached hydrogen (secondary N) is 3. The van der Waals surface area contributed by atoms with Crippen molar-refractivity contribution in [2.45, 2.75) is 46.8 Å². The lowest BCUT2D eigenvalue weighted by molar-refractivity contribution is 0.157. The summed E-state index contributed by atoms with van der Waals surface area (Å²) in [4.78, 5) is 0. The molecule has 3 aromatic carbocycles. The minimum Gasteiger partial charge on any atom is -0.489 e. The highest BCUT2D eigenvalue weighted by atomic mass is 32.1. The highest BCUT2D eigenvalue weighted by Crippen LogP contribution is 2.37. The van der Waals surface area contributed by atoms with Gasteiger partial charge in [0.2, 0.25) is 0 Å². The molecule has 0 saturated heterocycles. The normalized spacial score (nSPS) is 13.7. The third-order valence-electron chi connectivity index (χ3n) is 5.71. The van der Waals surface area contributed by atoms with Gasteiger partial charge in [0.25, 0.3) is 0 Å². The number of benzene rings is 3. The van der Waals surface area contributed by atoms with Gasteiger partial charge in [-0.3, -0.25) is 10.9 Å². The summed E-state index contributed by atoms with van der Waals surface area (Å²) in [6.45, 7) is 10.7. The zero-order chi connectivity index (χ0) is 24.3. The molecule has 0 spiro atoms. The lowest BCUT2D eigenvalue weighted by atomic mass is 9.99. The predicted octanol–water partition coefficient (Wildman–Crippen LogP) is 6.19. The summed E-state index contributed by atoms with van der Waals surface area (Å²) in [6, 6.07) is 20.4. The van der Waals surface area contributed by atoms with E-state index in [1.807, 2.05) is 50.3 Å². The van der Waals surface area contributed by atoms with Crippen molar-refractivity contribution in [3.05, 3.63) is 94.6 Å². The van der Waals surface area contributed by atoms with E-state index in [9.17, 15) is 0 Å². The summed E-state index contributed by atoms with van der Waals surface area (Å²) in [5.74, 6) is 1.56. The number of anilines is 1. The molecule has 0 saturated carbocycles. The minimum absolute atomic E-state index is 0.470. The maximum atomic E-state index is 6.17. The van der Waals surface area contributed by atoms with Crippen molar-refractivity contribution in [3.8, 4) is 11.5 Å². The van der Waals surface area contributed by atoms with Crippen LogP contribution in [-0.2, 0) is 6.61 Å². The van der Waals surface area contributed by atoms with Gasteiger partial charge in [0.15, 0.2) is 5.11 Å². The van der Waals surface area contributed by atoms with Gasteiger partial charge in [-0.15, -0.1) is 0 Å². The van der Waals surface area contributed by atoms with Crippen molar-refractivity contribution in [2.24, 2.45) is 0 Å². The number of ether oxygens (including phenoxy) is 2. The number of hydrogen-bond donors (Lipinski definition) is 3. The zero-order valence-electron chi connectivity index (χ0n) is 20.3. The van der Waals surface area contributed by atoms with E-state index in [0.29, 0.717) is 11.7 Å². The van der Waals surface area contributed by atoms with Crippen LogP contribution < -0.4 is 25.6 Å². The molecule has 176 valence electrons. The molecule has 3 N–H and O–H groups in total. The van der Waals surface area contributed by atoms with Crippen molar-refractivity contribution in [1.82, 2.24) is 10.9 Å². The fourth-order valence-corrected chi connectivity index (χ4v) is 3.98. The summed E-state index contributed by atoms with van der Waals surface area (Å²) in [5.41, 5.74) is 13.3. The van der Waals surface area contributed by atoms with Crippen LogP contribution in [0.2, 0.25) is 0 Å². The van der Waals surface area contributed by atoms with Crippen molar-refractivity contribution >= 4 is 28.7 Å². The molecule has 1 aliphatic rings. The van der Waals surface area contributed by atoms with Crippen molar-refractivity contribution in [3.63, 3.8) is 0 Å². The van der Waals surface area contributed by atoms with Crippen LogP contribution in [0.25, 0.3) is 5.70 Å². The Balaban J connectivity index is 1.48. The van der Waals surface area contributed by atoms with Crippen LogP contribution in [0.3, 0.4) is 0 Å². The summed E-state index contributed by atoms with van der Waals surface area (Å²) in [5, 5.41) is 3.74. The molecule has 34 heavy (non-hydrogen) atoms. The second-order valence-electron chi connectivity index (χ2n) is 9.16. The molecule has 0 bridgehead atoms. The first-order chi connectivity index (χ1) is 16.2. The zero-order valence-corrected chi connectivity index (χ0v) is 21.1. The van der Waals surface area contributed by atoms with E-state index in [4.69, 9.17) is 21.7 Å². The van der Waals surface area contributed by atoms with E-state index in [2.05, 4.69) is 67.3 Å². The Morgan fingerprint density at radius 1 is 0.971 bits per heavy atom. The Hall–Kier alpha value is -3.51. The molecule has 1 heterocycles. The second kappa shape index (κ2) is 9.77. The summed E-state index contributed by atoms with van der Waals surface area (Å²) in [7, 11) is 0. The van der Waals surface area contributed by atoms with Gasteiger partial charge in [0, 0.05) is 11.3 Å². The van der Waals surface area contributed by atoms with E-state index in [1.54, 1.807) is 0 Å². The van der Waals surface area contributed by atoms with Crippen molar-refractivity contribution in [1.29, 1.82) is 0 Å². The third kappa shape index (κ3) is 5.69. The predicted molar refractivity (Wildman–Crippen MR) is 143 cm³/mol. The number of fused-ring (bicyclic) bond motifs is 1. The van der Waals surface area contributed by atoms with Gasteiger partial charge in [-0.2, -0.15) is 0 Å². The van der Waals surface area contributed by atoms with Crippen LogP contribution in [0.1, 0.15) is 41.7 Å². The van der Waals surface area contributed by atoms with Gasteiger partial charge >= 0.3 is 0 Å². The van der Waals surface area contributed by atoms with Gasteiger partial charge in [-0.25, -0.2) is 0 Å². The molecular formula is C28H31N3O2S. The molecule has 1 aliphatic heterocycles. The summed E-state index contributed by atoms with van der Waals surface area (Å²) >= 11 is 5.53. The van der Waals surface area contributed by atoms with Gasteiger partial charge in [0.1, 0.15) is 23.7 Å². The lowest BCUT2D eigenvalue weighted by Gasteiger charge is -2.32. The van der Waals surface area contributed by atoms with Crippen LogP contribution in [0.5, 0.6) is 11.5 Å². The van der Waals surface area contributed by atoms with E-state index in [1.165, 1.54) is 11.1 Å². The molecule has 0 unspecified atom stereocenters. The minimum atomic E-state index is -0.470. The van der Waals surface area contributed by atoms with Crippen LogP contribution in [0, 0.1) is 20.8 Å². The SMILES string of the molecule is Cc1ccc(C)c(NC(=S)NNC2=CC(C)(C)Oc3ccc(OCc4ccccc4C)cc32)c1. The van der Waals surface area contributed by atoms with Crippen LogP contribution in [0.4, 0.5) is 5.69 Å². The molecule has 4 rings (SSSR count). The average Bonchev–Trinajstić information content (AvgIpc) is 2.79. The molecular weight excluding hydrogens is 442 g/mol. The highest BCUT2D eigenvalue weighted by molar-refractivity contribution is 7.80. The summed E-state index contributed by atoms with van der Waals surface area (Å²) in [6.07, 6.45) is 2.04. The molecule has 0 atom stereocenters. The Kier molecular flexibility index (Phi) is 6.80. The monoisotopic (exact) mass is 473 g/mol. The molecule has 0 radical (unpaired) electrons. The molecule has 3 aromatic rings. The first kappa shape index (κ1) is 23.6.